The van der Waals surface area contributed by atoms with Gasteiger partial charge in [-0.3, -0.25) is 0 Å². The molecule has 2 N–H and O–H groups in total. The third-order valence-electron chi connectivity index (χ3n) is 1.15. The lowest BCUT2D eigenvalue weighted by molar-refractivity contribution is 0.440. The van der Waals surface area contributed by atoms with Crippen LogP contribution in [-0.4, -0.2) is 6.67 Å². The van der Waals surface area contributed by atoms with Crippen molar-refractivity contribution in [2.45, 2.75) is 6.04 Å². The maximum atomic E-state index is 12.0. The van der Waals surface area contributed by atoms with E-state index in [9.17, 15) is 4.39 Å². The molecule has 1 aromatic rings. The number of thiophene rings is 1. The summed E-state index contributed by atoms with van der Waals surface area (Å²) in [6, 6.07) is 1.17. The summed E-state index contributed by atoms with van der Waals surface area (Å²) in [6.07, 6.45) is 0. The molecular weight excluding hydrogens is 208 g/mol. The Morgan fingerprint density at radius 1 is 1.73 bits per heavy atom. The van der Waals surface area contributed by atoms with Gasteiger partial charge in [-0.25, -0.2) is 4.39 Å². The van der Waals surface area contributed by atoms with E-state index in [0.29, 0.717) is 5.02 Å². The van der Waals surface area contributed by atoms with Gasteiger partial charge in [0.05, 0.1) is 11.1 Å². The lowest BCUT2D eigenvalue weighted by Crippen LogP contribution is -2.10. The van der Waals surface area contributed by atoms with Gasteiger partial charge in [0.1, 0.15) is 6.67 Å². The lowest BCUT2D eigenvalue weighted by Gasteiger charge is -2.02. The molecular formula is C6H8Cl2FNS. The van der Waals surface area contributed by atoms with Gasteiger partial charge in [-0.1, -0.05) is 11.6 Å². The molecule has 0 amide bonds. The van der Waals surface area contributed by atoms with Crippen molar-refractivity contribution in [1.29, 1.82) is 0 Å². The predicted octanol–water partition coefficient (Wildman–Crippen LogP) is 2.79. The number of hydrogen-bond acceptors (Lipinski definition) is 2. The Kier molecular flexibility index (Phi) is 5.01. The summed E-state index contributed by atoms with van der Waals surface area (Å²) < 4.78 is 12.0. The fourth-order valence-corrected chi connectivity index (χ4v) is 1.82. The molecule has 0 aliphatic carbocycles. The highest BCUT2D eigenvalue weighted by Gasteiger charge is 2.09. The molecule has 0 saturated heterocycles. The van der Waals surface area contributed by atoms with Crippen LogP contribution in [0.25, 0.3) is 0 Å². The molecule has 1 rings (SSSR count). The van der Waals surface area contributed by atoms with Crippen LogP contribution in [0, 0.1) is 0 Å². The molecule has 1 aromatic heterocycles. The largest absolute Gasteiger partial charge is 0.321 e. The predicted molar refractivity (Wildman–Crippen MR) is 49.5 cm³/mol. The third-order valence-corrected chi connectivity index (χ3v) is 2.64. The zero-order valence-electron chi connectivity index (χ0n) is 5.59. The Hall–Kier alpha value is 0.170. The number of hydrogen-bond donors (Lipinski definition) is 1. The van der Waals surface area contributed by atoms with Crippen molar-refractivity contribution in [2.75, 3.05) is 6.67 Å². The van der Waals surface area contributed by atoms with Crippen LogP contribution in [0.1, 0.15) is 10.9 Å². The molecule has 0 aliphatic rings. The maximum Gasteiger partial charge on any atom is 0.110 e. The average molecular weight is 216 g/mol. The van der Waals surface area contributed by atoms with Crippen LogP contribution in [0.3, 0.4) is 0 Å². The first-order valence-corrected chi connectivity index (χ1v) is 4.06. The van der Waals surface area contributed by atoms with Crippen LogP contribution < -0.4 is 5.73 Å². The van der Waals surface area contributed by atoms with Crippen LogP contribution in [0.4, 0.5) is 4.39 Å². The topological polar surface area (TPSA) is 26.0 Å². The van der Waals surface area contributed by atoms with Crippen LogP contribution in [0.15, 0.2) is 11.4 Å². The van der Waals surface area contributed by atoms with Gasteiger partial charge in [-0.15, -0.1) is 23.7 Å². The van der Waals surface area contributed by atoms with E-state index in [2.05, 4.69) is 0 Å². The maximum absolute atomic E-state index is 12.0. The van der Waals surface area contributed by atoms with E-state index in [1.807, 2.05) is 0 Å². The summed E-state index contributed by atoms with van der Waals surface area (Å²) in [5.41, 5.74) is 5.39. The van der Waals surface area contributed by atoms with Gasteiger partial charge in [0.25, 0.3) is 0 Å². The molecule has 11 heavy (non-hydrogen) atoms. The highest BCUT2D eigenvalue weighted by atomic mass is 35.5. The quantitative estimate of drug-likeness (QED) is 0.808. The van der Waals surface area contributed by atoms with Gasteiger partial charge >= 0.3 is 0 Å². The van der Waals surface area contributed by atoms with Gasteiger partial charge in [-0.05, 0) is 11.4 Å². The first kappa shape index (κ1) is 11.2. The van der Waals surface area contributed by atoms with Gasteiger partial charge in [-0.2, -0.15) is 0 Å². The van der Waals surface area contributed by atoms with Crippen molar-refractivity contribution >= 4 is 35.3 Å². The monoisotopic (exact) mass is 215 g/mol. The Morgan fingerprint density at radius 3 is 2.73 bits per heavy atom. The minimum Gasteiger partial charge on any atom is -0.321 e. The first-order valence-electron chi connectivity index (χ1n) is 2.80. The molecule has 5 heteroatoms. The van der Waals surface area contributed by atoms with E-state index in [1.165, 1.54) is 11.3 Å². The zero-order chi connectivity index (χ0) is 7.56. The van der Waals surface area contributed by atoms with Crippen LogP contribution in [-0.2, 0) is 0 Å². The Morgan fingerprint density at radius 2 is 2.36 bits per heavy atom. The summed E-state index contributed by atoms with van der Waals surface area (Å²) in [5.74, 6) is 0. The minimum absolute atomic E-state index is 0. The second kappa shape index (κ2) is 4.93. The van der Waals surface area contributed by atoms with E-state index in [1.54, 1.807) is 11.4 Å². The summed E-state index contributed by atoms with van der Waals surface area (Å²) in [5, 5.41) is 2.36. The molecule has 1 heterocycles. The highest BCUT2D eigenvalue weighted by Crippen LogP contribution is 2.27. The molecule has 0 radical (unpaired) electrons. The van der Waals surface area contributed by atoms with Crippen molar-refractivity contribution in [3.63, 3.8) is 0 Å². The van der Waals surface area contributed by atoms with E-state index >= 15 is 0 Å². The molecule has 0 bridgehead atoms. The van der Waals surface area contributed by atoms with Crippen molar-refractivity contribution in [3.8, 4) is 0 Å². The number of rotatable bonds is 2. The lowest BCUT2D eigenvalue weighted by atomic mass is 10.3. The van der Waals surface area contributed by atoms with Crippen molar-refractivity contribution in [2.24, 2.45) is 5.73 Å². The van der Waals surface area contributed by atoms with Crippen LogP contribution in [0.5, 0.6) is 0 Å². The molecule has 0 fully saturated rings. The molecule has 0 saturated carbocycles. The fourth-order valence-electron chi connectivity index (χ4n) is 0.640. The number of alkyl halides is 1. The van der Waals surface area contributed by atoms with Crippen LogP contribution in [0.2, 0.25) is 5.02 Å². The summed E-state index contributed by atoms with van der Waals surface area (Å²) in [7, 11) is 0. The van der Waals surface area contributed by atoms with Gasteiger partial charge in [0.15, 0.2) is 0 Å². The minimum atomic E-state index is -0.555. The fraction of sp³-hybridized carbons (Fsp3) is 0.333. The standard InChI is InChI=1S/C6H7ClFNS.ClH/c7-4-1-2-10-6(4)5(9)3-8;/h1-2,5H,3,9H2;1H/t5-;/m1./s1. The number of halogens is 3. The van der Waals surface area contributed by atoms with Gasteiger partial charge in [0.2, 0.25) is 0 Å². The van der Waals surface area contributed by atoms with Crippen molar-refractivity contribution < 1.29 is 4.39 Å². The second-order valence-corrected chi connectivity index (χ2v) is 3.25. The van der Waals surface area contributed by atoms with Crippen LogP contribution >= 0.6 is 35.3 Å². The summed E-state index contributed by atoms with van der Waals surface area (Å²) in [6.45, 7) is -0.555. The van der Waals surface area contributed by atoms with Gasteiger partial charge in [0, 0.05) is 4.88 Å². The number of nitrogens with two attached hydrogens (primary N) is 1. The molecule has 1 atom stereocenters. The molecule has 0 aliphatic heterocycles. The second-order valence-electron chi connectivity index (χ2n) is 1.89. The normalized spacial score (nSPS) is 12.3. The smallest absolute Gasteiger partial charge is 0.110 e. The summed E-state index contributed by atoms with van der Waals surface area (Å²) in [4.78, 5) is 0.726. The molecule has 0 aromatic carbocycles. The average Bonchev–Trinajstić information content (AvgIpc) is 2.34. The Bertz CT molecular complexity index is 216. The molecule has 0 spiro atoms. The Balaban J connectivity index is 0.000001000. The SMILES string of the molecule is Cl.N[C@H](CF)c1sccc1Cl. The van der Waals surface area contributed by atoms with E-state index < -0.39 is 12.7 Å². The molecule has 1 nitrogen and oxygen atoms in total. The molecule has 64 valence electrons. The van der Waals surface area contributed by atoms with E-state index in [0.717, 1.165) is 4.88 Å². The van der Waals surface area contributed by atoms with Gasteiger partial charge < -0.3 is 5.73 Å². The van der Waals surface area contributed by atoms with Crippen molar-refractivity contribution in [3.05, 3.63) is 21.3 Å². The Labute approximate surface area is 79.8 Å². The van der Waals surface area contributed by atoms with Crippen molar-refractivity contribution in [1.82, 2.24) is 0 Å². The zero-order valence-corrected chi connectivity index (χ0v) is 7.98. The highest BCUT2D eigenvalue weighted by molar-refractivity contribution is 7.10. The summed E-state index contributed by atoms with van der Waals surface area (Å²) >= 11 is 7.06. The van der Waals surface area contributed by atoms with E-state index in [4.69, 9.17) is 17.3 Å². The third kappa shape index (κ3) is 2.60. The first-order chi connectivity index (χ1) is 4.75. The van der Waals surface area contributed by atoms with E-state index in [-0.39, 0.29) is 12.4 Å². The molecule has 0 unspecified atom stereocenters.